The van der Waals surface area contributed by atoms with Gasteiger partial charge < -0.3 is 19.4 Å². The smallest absolute Gasteiger partial charge is 0.229 e. The molecule has 1 aliphatic rings. The lowest BCUT2D eigenvalue weighted by Crippen LogP contribution is -2.33. The molecule has 164 valence electrons. The molecular formula is C24H30N4O3. The first-order valence-corrected chi connectivity index (χ1v) is 10.5. The summed E-state index contributed by atoms with van der Waals surface area (Å²) in [5.74, 6) is 2.52. The number of fused-ring (bicyclic) bond motifs is 3. The highest BCUT2D eigenvalue weighted by molar-refractivity contribution is 5.96. The first-order chi connectivity index (χ1) is 14.8. The number of rotatable bonds is 5. The van der Waals surface area contributed by atoms with Crippen LogP contribution in [0.25, 0.3) is 11.0 Å². The van der Waals surface area contributed by atoms with Crippen molar-refractivity contribution in [2.45, 2.75) is 40.4 Å². The second-order valence-electron chi connectivity index (χ2n) is 8.99. The van der Waals surface area contributed by atoms with Crippen molar-refractivity contribution in [1.29, 1.82) is 0 Å². The number of anilines is 1. The molecule has 0 unspecified atom stereocenters. The van der Waals surface area contributed by atoms with Crippen molar-refractivity contribution >= 4 is 22.6 Å². The number of hydrogen-bond donors (Lipinski definition) is 1. The molecule has 31 heavy (non-hydrogen) atoms. The molecule has 1 aliphatic heterocycles. The fraction of sp³-hybridized carbons (Fsp3) is 0.417. The average Bonchev–Trinajstić information content (AvgIpc) is 3.09. The van der Waals surface area contributed by atoms with E-state index in [9.17, 15) is 4.79 Å². The molecule has 1 amide bonds. The molecule has 0 fully saturated rings. The minimum Gasteiger partial charge on any atom is -0.493 e. The maximum Gasteiger partial charge on any atom is 0.229 e. The third-order valence-electron chi connectivity index (χ3n) is 5.63. The highest BCUT2D eigenvalue weighted by atomic mass is 16.5. The predicted octanol–water partition coefficient (Wildman–Crippen LogP) is 4.05. The van der Waals surface area contributed by atoms with E-state index < -0.39 is 5.41 Å². The Morgan fingerprint density at radius 3 is 2.55 bits per heavy atom. The monoisotopic (exact) mass is 422 g/mol. The van der Waals surface area contributed by atoms with Gasteiger partial charge in [-0.25, -0.2) is 4.98 Å². The van der Waals surface area contributed by atoms with Gasteiger partial charge >= 0.3 is 0 Å². The zero-order valence-electron chi connectivity index (χ0n) is 18.9. The second kappa shape index (κ2) is 8.23. The molecular weight excluding hydrogens is 392 g/mol. The van der Waals surface area contributed by atoms with Crippen LogP contribution in [0.3, 0.4) is 0 Å². The van der Waals surface area contributed by atoms with Crippen LogP contribution in [0.4, 0.5) is 5.69 Å². The third-order valence-corrected chi connectivity index (χ3v) is 5.63. The van der Waals surface area contributed by atoms with Gasteiger partial charge in [-0.15, -0.1) is 0 Å². The lowest BCUT2D eigenvalue weighted by molar-refractivity contribution is -0.123. The molecule has 7 heteroatoms. The highest BCUT2D eigenvalue weighted by Crippen LogP contribution is 2.29. The summed E-state index contributed by atoms with van der Waals surface area (Å²) in [5, 5.41) is 3.00. The van der Waals surface area contributed by atoms with Crippen LogP contribution in [-0.2, 0) is 24.4 Å². The first kappa shape index (κ1) is 21.2. The Kier molecular flexibility index (Phi) is 5.62. The van der Waals surface area contributed by atoms with Gasteiger partial charge in [0.2, 0.25) is 5.91 Å². The minimum atomic E-state index is -0.437. The van der Waals surface area contributed by atoms with Gasteiger partial charge in [-0.1, -0.05) is 26.8 Å². The topological polar surface area (TPSA) is 68.6 Å². The average molecular weight is 423 g/mol. The van der Waals surface area contributed by atoms with E-state index in [-0.39, 0.29) is 5.91 Å². The van der Waals surface area contributed by atoms with Gasteiger partial charge in [0.15, 0.2) is 11.5 Å². The molecule has 0 radical (unpaired) electrons. The van der Waals surface area contributed by atoms with Gasteiger partial charge in [-0.2, -0.15) is 0 Å². The number of ether oxygens (including phenoxy) is 2. The third kappa shape index (κ3) is 4.37. The second-order valence-corrected chi connectivity index (χ2v) is 8.99. The molecule has 2 aromatic carbocycles. The van der Waals surface area contributed by atoms with Crippen molar-refractivity contribution in [3.8, 4) is 11.5 Å². The lowest BCUT2D eigenvalue weighted by Gasteiger charge is -2.28. The van der Waals surface area contributed by atoms with E-state index in [0.29, 0.717) is 0 Å². The first-order valence-electron chi connectivity index (χ1n) is 10.5. The largest absolute Gasteiger partial charge is 0.493 e. The molecule has 0 saturated heterocycles. The quantitative estimate of drug-likeness (QED) is 0.672. The number of nitrogens with one attached hydrogen (secondary N) is 1. The van der Waals surface area contributed by atoms with Crippen LogP contribution in [-0.4, -0.2) is 41.1 Å². The van der Waals surface area contributed by atoms with Crippen molar-refractivity contribution in [1.82, 2.24) is 14.5 Å². The van der Waals surface area contributed by atoms with Crippen LogP contribution in [0.5, 0.6) is 11.5 Å². The van der Waals surface area contributed by atoms with Crippen LogP contribution >= 0.6 is 0 Å². The molecule has 2 heterocycles. The number of methoxy groups -OCH3 is 2. The van der Waals surface area contributed by atoms with Crippen LogP contribution < -0.4 is 14.8 Å². The van der Waals surface area contributed by atoms with E-state index in [4.69, 9.17) is 14.5 Å². The summed E-state index contributed by atoms with van der Waals surface area (Å²) in [6.07, 6.45) is 0. The van der Waals surface area contributed by atoms with Gasteiger partial charge in [0.1, 0.15) is 5.82 Å². The number of nitrogens with zero attached hydrogens (tertiary/aromatic N) is 3. The van der Waals surface area contributed by atoms with E-state index in [1.165, 1.54) is 5.56 Å². The van der Waals surface area contributed by atoms with Gasteiger partial charge in [-0.3, -0.25) is 9.69 Å². The summed E-state index contributed by atoms with van der Waals surface area (Å²) in [5.41, 5.74) is 3.54. The maximum absolute atomic E-state index is 12.3. The molecule has 0 bridgehead atoms. The van der Waals surface area contributed by atoms with Gasteiger partial charge in [0, 0.05) is 30.7 Å². The van der Waals surface area contributed by atoms with E-state index in [2.05, 4.69) is 20.9 Å². The predicted molar refractivity (Wildman–Crippen MR) is 121 cm³/mol. The fourth-order valence-corrected chi connectivity index (χ4v) is 3.84. The Morgan fingerprint density at radius 2 is 1.84 bits per heavy atom. The summed E-state index contributed by atoms with van der Waals surface area (Å²) in [4.78, 5) is 19.5. The summed E-state index contributed by atoms with van der Waals surface area (Å²) < 4.78 is 13.0. The van der Waals surface area contributed by atoms with E-state index in [1.807, 2.05) is 51.1 Å². The molecule has 0 spiro atoms. The molecule has 0 saturated carbocycles. The van der Waals surface area contributed by atoms with Crippen LogP contribution in [0.15, 0.2) is 36.4 Å². The summed E-state index contributed by atoms with van der Waals surface area (Å²) in [7, 11) is 3.30. The molecule has 0 atom stereocenters. The number of imidazole rings is 1. The van der Waals surface area contributed by atoms with Gasteiger partial charge in [-0.05, 0) is 35.9 Å². The summed E-state index contributed by atoms with van der Waals surface area (Å²) >= 11 is 0. The molecule has 7 nitrogen and oxygen atoms in total. The molecule has 4 rings (SSSR count). The SMILES string of the molecule is COc1ccc(CN2CCn3c(nc4cc(NC(=O)C(C)(C)C)ccc43)C2)cc1OC. The van der Waals surface area contributed by atoms with E-state index in [0.717, 1.165) is 60.2 Å². The van der Waals surface area contributed by atoms with Gasteiger partial charge in [0.05, 0.1) is 31.8 Å². The van der Waals surface area contributed by atoms with E-state index >= 15 is 0 Å². The van der Waals surface area contributed by atoms with Crippen LogP contribution in [0.2, 0.25) is 0 Å². The van der Waals surface area contributed by atoms with Crippen molar-refractivity contribution < 1.29 is 14.3 Å². The molecule has 1 aromatic heterocycles. The van der Waals surface area contributed by atoms with Crippen LogP contribution in [0.1, 0.15) is 32.2 Å². The Bertz CT molecular complexity index is 1110. The maximum atomic E-state index is 12.3. The zero-order chi connectivity index (χ0) is 22.2. The minimum absolute atomic E-state index is 0.00285. The summed E-state index contributed by atoms with van der Waals surface area (Å²) in [6.45, 7) is 9.13. The fourth-order valence-electron chi connectivity index (χ4n) is 3.84. The van der Waals surface area contributed by atoms with Crippen molar-refractivity contribution in [3.05, 3.63) is 47.8 Å². The number of carbonyl (C=O) groups excluding carboxylic acids is 1. The van der Waals surface area contributed by atoms with Crippen molar-refractivity contribution in [2.75, 3.05) is 26.1 Å². The molecule has 3 aromatic rings. The van der Waals surface area contributed by atoms with E-state index in [1.54, 1.807) is 14.2 Å². The van der Waals surface area contributed by atoms with Crippen LogP contribution in [0, 0.1) is 5.41 Å². The number of hydrogen-bond acceptors (Lipinski definition) is 5. The Hall–Kier alpha value is -3.06. The standard InChI is InChI=1S/C24H30N4O3/c1-24(2,3)23(29)25-17-7-8-19-18(13-17)26-22-15-27(10-11-28(19)22)14-16-6-9-20(30-4)21(12-16)31-5/h6-9,12-13H,10-11,14-15H2,1-5H3,(H,25,29). The Morgan fingerprint density at radius 1 is 1.06 bits per heavy atom. The highest BCUT2D eigenvalue weighted by Gasteiger charge is 2.23. The molecule has 0 aliphatic carbocycles. The number of carbonyl (C=O) groups is 1. The number of aromatic nitrogens is 2. The zero-order valence-corrected chi connectivity index (χ0v) is 18.9. The van der Waals surface area contributed by atoms with Crippen molar-refractivity contribution in [3.63, 3.8) is 0 Å². The van der Waals surface area contributed by atoms with Gasteiger partial charge in [0.25, 0.3) is 0 Å². The lowest BCUT2D eigenvalue weighted by atomic mass is 9.95. The number of amides is 1. The number of benzene rings is 2. The Labute approximate surface area is 183 Å². The normalized spacial score (nSPS) is 14.4. The summed E-state index contributed by atoms with van der Waals surface area (Å²) in [6, 6.07) is 12.0. The van der Waals surface area contributed by atoms with Crippen molar-refractivity contribution in [2.24, 2.45) is 5.41 Å². The Balaban J connectivity index is 1.51. The molecule has 1 N–H and O–H groups in total.